The zero-order valence-electron chi connectivity index (χ0n) is 6.59. The van der Waals surface area contributed by atoms with Crippen LogP contribution in [0.15, 0.2) is 39.7 Å². The molecule has 0 bridgehead atoms. The Kier molecular flexibility index (Phi) is 2.86. The van der Waals surface area contributed by atoms with Crippen LogP contribution in [0.2, 0.25) is 0 Å². The van der Waals surface area contributed by atoms with E-state index in [4.69, 9.17) is 0 Å². The second-order valence-electron chi connectivity index (χ2n) is 2.76. The zero-order chi connectivity index (χ0) is 9.42. The average molecular weight is 365 g/mol. The second-order valence-corrected chi connectivity index (χ2v) is 5.24. The minimum absolute atomic E-state index is 1.03. The van der Waals surface area contributed by atoms with Crippen molar-refractivity contribution >= 4 is 61.9 Å². The lowest BCUT2D eigenvalue weighted by molar-refractivity contribution is 1.46. The monoisotopic (exact) mass is 364 g/mol. The number of rotatable bonds is 0. The van der Waals surface area contributed by atoms with E-state index in [1.807, 2.05) is 6.07 Å². The number of halogens is 2. The Labute approximate surface area is 104 Å². The van der Waals surface area contributed by atoms with E-state index in [0.717, 1.165) is 9.37 Å². The Morgan fingerprint density at radius 3 is 2.62 bits per heavy atom. The second kappa shape index (κ2) is 3.79. The molecule has 0 aliphatic rings. The third-order valence-corrected chi connectivity index (χ3v) is 4.35. The van der Waals surface area contributed by atoms with E-state index < -0.39 is 0 Å². The molecule has 0 amide bonds. The van der Waals surface area contributed by atoms with E-state index in [2.05, 4.69) is 75.4 Å². The minimum Gasteiger partial charge on any atom is -0.142 e. The molecule has 0 fully saturated rings. The van der Waals surface area contributed by atoms with E-state index in [1.165, 1.54) is 14.3 Å². The molecule has 0 spiro atoms. The summed E-state index contributed by atoms with van der Waals surface area (Å²) >= 11 is 10.2. The van der Waals surface area contributed by atoms with Crippen molar-refractivity contribution in [2.75, 3.05) is 0 Å². The molecule has 2 rings (SSSR count). The first kappa shape index (κ1) is 9.80. The van der Waals surface area contributed by atoms with Crippen molar-refractivity contribution in [3.8, 4) is 0 Å². The van der Waals surface area contributed by atoms with Crippen molar-refractivity contribution in [2.24, 2.45) is 0 Å². The molecule has 66 valence electrons. The van der Waals surface area contributed by atoms with Crippen molar-refractivity contribution in [1.29, 1.82) is 0 Å². The van der Waals surface area contributed by atoms with Crippen LogP contribution in [0.4, 0.5) is 0 Å². The van der Waals surface area contributed by atoms with Crippen LogP contribution < -0.4 is 0 Å². The highest BCUT2D eigenvalue weighted by Gasteiger charge is 2.01. The van der Waals surface area contributed by atoms with E-state index >= 15 is 0 Å². The first-order valence-electron chi connectivity index (χ1n) is 3.75. The summed E-state index contributed by atoms with van der Waals surface area (Å²) in [4.78, 5) is 1.03. The predicted molar refractivity (Wildman–Crippen MR) is 71.6 cm³/mol. The molecule has 2 aromatic carbocycles. The largest absolute Gasteiger partial charge is 0.142 e. The summed E-state index contributed by atoms with van der Waals surface area (Å²) in [7, 11) is 0. The number of thiol groups is 1. The molecule has 2 aromatic rings. The lowest BCUT2D eigenvalue weighted by atomic mass is 10.1. The van der Waals surface area contributed by atoms with Crippen molar-refractivity contribution in [2.45, 2.75) is 4.90 Å². The third kappa shape index (κ3) is 1.87. The molecule has 0 heterocycles. The quantitative estimate of drug-likeness (QED) is 0.516. The molecule has 0 aliphatic carbocycles. The Balaban J connectivity index is 2.89. The summed E-state index contributed by atoms with van der Waals surface area (Å²) < 4.78 is 2.32. The topological polar surface area (TPSA) is 0 Å². The van der Waals surface area contributed by atoms with Crippen LogP contribution in [-0.2, 0) is 0 Å². The van der Waals surface area contributed by atoms with Crippen LogP contribution in [0, 0.1) is 3.57 Å². The summed E-state index contributed by atoms with van der Waals surface area (Å²) in [5.74, 6) is 0. The lowest BCUT2D eigenvalue weighted by Gasteiger charge is -2.03. The van der Waals surface area contributed by atoms with Gasteiger partial charge in [-0.1, -0.05) is 28.1 Å². The molecule has 0 saturated heterocycles. The lowest BCUT2D eigenvalue weighted by Crippen LogP contribution is -1.80. The molecular weight excluding hydrogens is 359 g/mol. The van der Waals surface area contributed by atoms with Gasteiger partial charge in [-0.05, 0) is 51.6 Å². The normalized spacial score (nSPS) is 10.7. The van der Waals surface area contributed by atoms with Crippen LogP contribution in [0.25, 0.3) is 10.8 Å². The van der Waals surface area contributed by atoms with Crippen molar-refractivity contribution in [3.63, 3.8) is 0 Å². The minimum atomic E-state index is 1.03. The van der Waals surface area contributed by atoms with Gasteiger partial charge in [0.1, 0.15) is 0 Å². The highest BCUT2D eigenvalue weighted by Crippen LogP contribution is 2.28. The van der Waals surface area contributed by atoms with Gasteiger partial charge in [0.25, 0.3) is 0 Å². The number of benzene rings is 2. The SMILES string of the molecule is Sc1ccc2ccc(Br)cc2c1I. The van der Waals surface area contributed by atoms with Crippen LogP contribution in [0.1, 0.15) is 0 Å². The standard InChI is InChI=1S/C10H6BrIS/c11-7-3-1-6-2-4-9(13)10(12)8(6)5-7/h1-5,13H. The summed E-state index contributed by atoms with van der Waals surface area (Å²) in [5.41, 5.74) is 0. The van der Waals surface area contributed by atoms with Gasteiger partial charge in [-0.25, -0.2) is 0 Å². The van der Waals surface area contributed by atoms with Gasteiger partial charge in [0.05, 0.1) is 0 Å². The first-order chi connectivity index (χ1) is 6.18. The number of hydrogen-bond donors (Lipinski definition) is 1. The van der Waals surface area contributed by atoms with E-state index in [-0.39, 0.29) is 0 Å². The predicted octanol–water partition coefficient (Wildman–Crippen LogP) is 4.50. The summed E-state index contributed by atoms with van der Waals surface area (Å²) in [5, 5.41) is 2.51. The highest BCUT2D eigenvalue weighted by molar-refractivity contribution is 14.1. The Morgan fingerprint density at radius 2 is 1.85 bits per heavy atom. The van der Waals surface area contributed by atoms with Crippen LogP contribution in [0.3, 0.4) is 0 Å². The zero-order valence-corrected chi connectivity index (χ0v) is 11.2. The molecule has 0 atom stereocenters. The molecule has 0 radical (unpaired) electrons. The maximum atomic E-state index is 4.39. The highest BCUT2D eigenvalue weighted by atomic mass is 127. The molecule has 0 unspecified atom stereocenters. The van der Waals surface area contributed by atoms with Gasteiger partial charge in [-0.2, -0.15) is 0 Å². The molecular formula is C10H6BrIS. The molecule has 13 heavy (non-hydrogen) atoms. The molecule has 0 nitrogen and oxygen atoms in total. The van der Waals surface area contributed by atoms with E-state index in [9.17, 15) is 0 Å². The Morgan fingerprint density at radius 1 is 1.15 bits per heavy atom. The van der Waals surface area contributed by atoms with Crippen molar-refractivity contribution in [1.82, 2.24) is 0 Å². The number of hydrogen-bond acceptors (Lipinski definition) is 1. The van der Waals surface area contributed by atoms with Gasteiger partial charge in [0.15, 0.2) is 0 Å². The first-order valence-corrected chi connectivity index (χ1v) is 6.07. The smallest absolute Gasteiger partial charge is 0.0342 e. The van der Waals surface area contributed by atoms with Crippen LogP contribution in [-0.4, -0.2) is 0 Å². The fourth-order valence-corrected chi connectivity index (χ4v) is 2.45. The van der Waals surface area contributed by atoms with Gasteiger partial charge in [-0.3, -0.25) is 0 Å². The fourth-order valence-electron chi connectivity index (χ4n) is 1.24. The fraction of sp³-hybridized carbons (Fsp3) is 0. The summed E-state index contributed by atoms with van der Waals surface area (Å²) in [6.07, 6.45) is 0. The van der Waals surface area contributed by atoms with Gasteiger partial charge >= 0.3 is 0 Å². The van der Waals surface area contributed by atoms with Crippen LogP contribution in [0.5, 0.6) is 0 Å². The van der Waals surface area contributed by atoms with E-state index in [0.29, 0.717) is 0 Å². The maximum absolute atomic E-state index is 4.39. The van der Waals surface area contributed by atoms with E-state index in [1.54, 1.807) is 0 Å². The maximum Gasteiger partial charge on any atom is 0.0342 e. The van der Waals surface area contributed by atoms with Gasteiger partial charge in [0, 0.05) is 12.9 Å². The van der Waals surface area contributed by atoms with Crippen LogP contribution >= 0.6 is 51.1 Å². The van der Waals surface area contributed by atoms with Gasteiger partial charge < -0.3 is 0 Å². The molecule has 3 heteroatoms. The average Bonchev–Trinajstić information content (AvgIpc) is 2.12. The molecule has 0 saturated carbocycles. The molecule has 0 aromatic heterocycles. The molecule has 0 N–H and O–H groups in total. The van der Waals surface area contributed by atoms with Crippen molar-refractivity contribution in [3.05, 3.63) is 38.4 Å². The summed E-state index contributed by atoms with van der Waals surface area (Å²) in [6.45, 7) is 0. The Hall–Kier alpha value is 0.260. The van der Waals surface area contributed by atoms with Gasteiger partial charge in [0.2, 0.25) is 0 Å². The van der Waals surface area contributed by atoms with Crippen molar-refractivity contribution < 1.29 is 0 Å². The number of fused-ring (bicyclic) bond motifs is 1. The van der Waals surface area contributed by atoms with Gasteiger partial charge in [-0.15, -0.1) is 12.6 Å². The Bertz CT molecular complexity index is 462. The summed E-state index contributed by atoms with van der Waals surface area (Å²) in [6, 6.07) is 10.4. The third-order valence-electron chi connectivity index (χ3n) is 1.90. The molecule has 0 aliphatic heterocycles.